The van der Waals surface area contributed by atoms with Gasteiger partial charge in [-0.1, -0.05) is 12.1 Å². The summed E-state index contributed by atoms with van der Waals surface area (Å²) in [6, 6.07) is 8.01. The number of hydrogen-bond donors (Lipinski definition) is 1. The molecule has 1 aliphatic heterocycles. The quantitative estimate of drug-likeness (QED) is 0.946. The van der Waals surface area contributed by atoms with Gasteiger partial charge in [-0.15, -0.1) is 23.1 Å². The number of nitrogens with two attached hydrogens (primary N) is 1. The van der Waals surface area contributed by atoms with Crippen molar-refractivity contribution in [3.8, 4) is 0 Å². The van der Waals surface area contributed by atoms with Gasteiger partial charge >= 0.3 is 0 Å². The largest absolute Gasteiger partial charge is 0.330 e. The SMILES string of the molecule is NCCc1nc(C(=O)N2CCSc3ccccc32)cs1. The van der Waals surface area contributed by atoms with E-state index >= 15 is 0 Å². The Morgan fingerprint density at radius 1 is 1.40 bits per heavy atom. The molecule has 0 bridgehead atoms. The summed E-state index contributed by atoms with van der Waals surface area (Å²) in [6.07, 6.45) is 0.727. The van der Waals surface area contributed by atoms with Crippen LogP contribution in [-0.4, -0.2) is 29.7 Å². The van der Waals surface area contributed by atoms with Crippen molar-refractivity contribution >= 4 is 34.7 Å². The summed E-state index contributed by atoms with van der Waals surface area (Å²) < 4.78 is 0. The van der Waals surface area contributed by atoms with E-state index in [9.17, 15) is 4.79 Å². The van der Waals surface area contributed by atoms with Gasteiger partial charge in [-0.3, -0.25) is 4.79 Å². The molecule has 3 rings (SSSR count). The van der Waals surface area contributed by atoms with Gasteiger partial charge in [0.15, 0.2) is 0 Å². The van der Waals surface area contributed by atoms with E-state index in [-0.39, 0.29) is 5.91 Å². The van der Waals surface area contributed by atoms with E-state index in [1.807, 2.05) is 28.5 Å². The Labute approximate surface area is 126 Å². The lowest BCUT2D eigenvalue weighted by molar-refractivity contribution is 0.0983. The van der Waals surface area contributed by atoms with Crippen LogP contribution < -0.4 is 10.6 Å². The highest BCUT2D eigenvalue weighted by Crippen LogP contribution is 2.35. The van der Waals surface area contributed by atoms with Crippen LogP contribution in [0.4, 0.5) is 5.69 Å². The molecule has 1 amide bonds. The van der Waals surface area contributed by atoms with E-state index in [1.165, 1.54) is 11.3 Å². The minimum atomic E-state index is -0.0164. The molecule has 0 atom stereocenters. The third-order valence-electron chi connectivity index (χ3n) is 3.10. The molecule has 0 aliphatic carbocycles. The van der Waals surface area contributed by atoms with Gasteiger partial charge in [0.05, 0.1) is 10.7 Å². The van der Waals surface area contributed by atoms with Crippen molar-refractivity contribution in [3.05, 3.63) is 40.3 Å². The molecule has 1 aliphatic rings. The average molecular weight is 305 g/mol. The molecule has 2 heterocycles. The number of carbonyl (C=O) groups excluding carboxylic acids is 1. The Morgan fingerprint density at radius 2 is 2.25 bits per heavy atom. The van der Waals surface area contributed by atoms with Crippen LogP contribution in [0.1, 0.15) is 15.5 Å². The van der Waals surface area contributed by atoms with E-state index in [0.29, 0.717) is 12.2 Å². The monoisotopic (exact) mass is 305 g/mol. The Bertz CT molecular complexity index is 626. The smallest absolute Gasteiger partial charge is 0.277 e. The summed E-state index contributed by atoms with van der Waals surface area (Å²) >= 11 is 3.29. The topological polar surface area (TPSA) is 59.2 Å². The Morgan fingerprint density at radius 3 is 3.10 bits per heavy atom. The second-order valence-electron chi connectivity index (χ2n) is 4.44. The molecule has 0 spiro atoms. The van der Waals surface area contributed by atoms with Crippen LogP contribution in [0.15, 0.2) is 34.5 Å². The van der Waals surface area contributed by atoms with Crippen LogP contribution in [0, 0.1) is 0 Å². The van der Waals surface area contributed by atoms with E-state index in [1.54, 1.807) is 11.8 Å². The second-order valence-corrected chi connectivity index (χ2v) is 6.52. The summed E-state index contributed by atoms with van der Waals surface area (Å²) in [6.45, 7) is 1.29. The zero-order valence-electron chi connectivity index (χ0n) is 10.9. The van der Waals surface area contributed by atoms with Crippen molar-refractivity contribution in [1.82, 2.24) is 4.98 Å². The molecule has 0 radical (unpaired) electrons. The van der Waals surface area contributed by atoms with Crippen molar-refractivity contribution in [2.45, 2.75) is 11.3 Å². The van der Waals surface area contributed by atoms with Crippen molar-refractivity contribution in [2.24, 2.45) is 5.73 Å². The van der Waals surface area contributed by atoms with Crippen LogP contribution in [0.3, 0.4) is 0 Å². The molecule has 2 aromatic rings. The van der Waals surface area contributed by atoms with Crippen molar-refractivity contribution in [1.29, 1.82) is 0 Å². The Balaban J connectivity index is 1.87. The van der Waals surface area contributed by atoms with Gasteiger partial charge in [0.25, 0.3) is 5.91 Å². The number of thioether (sulfide) groups is 1. The van der Waals surface area contributed by atoms with Gasteiger partial charge in [-0.05, 0) is 18.7 Å². The lowest BCUT2D eigenvalue weighted by Gasteiger charge is -2.28. The minimum absolute atomic E-state index is 0.0164. The maximum atomic E-state index is 12.6. The first kappa shape index (κ1) is 13.6. The molecule has 2 N–H and O–H groups in total. The van der Waals surface area contributed by atoms with E-state index in [0.717, 1.165) is 34.3 Å². The van der Waals surface area contributed by atoms with Gasteiger partial charge in [-0.2, -0.15) is 0 Å². The molecular weight excluding hydrogens is 290 g/mol. The van der Waals surface area contributed by atoms with Gasteiger partial charge in [0, 0.05) is 29.0 Å². The average Bonchev–Trinajstić information content (AvgIpc) is 2.95. The normalized spacial score (nSPS) is 14.2. The van der Waals surface area contributed by atoms with Crippen LogP contribution in [-0.2, 0) is 6.42 Å². The molecule has 1 aromatic heterocycles. The third kappa shape index (κ3) is 2.59. The Hall–Kier alpha value is -1.37. The highest BCUT2D eigenvalue weighted by atomic mass is 32.2. The molecule has 20 heavy (non-hydrogen) atoms. The Kier molecular flexibility index (Phi) is 4.05. The molecule has 0 unspecified atom stereocenters. The first-order valence-corrected chi connectivity index (χ1v) is 8.34. The number of benzene rings is 1. The van der Waals surface area contributed by atoms with Crippen molar-refractivity contribution < 1.29 is 4.79 Å². The number of carbonyl (C=O) groups is 1. The van der Waals surface area contributed by atoms with Crippen LogP contribution in [0.25, 0.3) is 0 Å². The molecule has 4 nitrogen and oxygen atoms in total. The number of amides is 1. The lowest BCUT2D eigenvalue weighted by Crippen LogP contribution is -2.35. The third-order valence-corrected chi connectivity index (χ3v) is 5.05. The van der Waals surface area contributed by atoms with Crippen molar-refractivity contribution in [3.63, 3.8) is 0 Å². The minimum Gasteiger partial charge on any atom is -0.330 e. The fraction of sp³-hybridized carbons (Fsp3) is 0.286. The predicted octanol–water partition coefficient (Wildman–Crippen LogP) is 2.40. The standard InChI is InChI=1S/C14H15N3OS2/c15-6-5-13-16-10(9-20-13)14(18)17-7-8-19-12-4-2-1-3-11(12)17/h1-4,9H,5-8,15H2. The summed E-state index contributed by atoms with van der Waals surface area (Å²) in [5.41, 5.74) is 7.04. The number of aromatic nitrogens is 1. The van der Waals surface area contributed by atoms with Gasteiger partial charge in [0.2, 0.25) is 0 Å². The fourth-order valence-corrected chi connectivity index (χ4v) is 3.95. The summed E-state index contributed by atoms with van der Waals surface area (Å²) in [5.74, 6) is 0.903. The van der Waals surface area contributed by atoms with Crippen LogP contribution in [0.2, 0.25) is 0 Å². The summed E-state index contributed by atoms with van der Waals surface area (Å²) in [5, 5.41) is 2.76. The number of thiazole rings is 1. The number of anilines is 1. The number of para-hydroxylation sites is 1. The summed E-state index contributed by atoms with van der Waals surface area (Å²) in [4.78, 5) is 20.0. The van der Waals surface area contributed by atoms with Gasteiger partial charge in [-0.25, -0.2) is 4.98 Å². The van der Waals surface area contributed by atoms with E-state index in [2.05, 4.69) is 11.1 Å². The highest BCUT2D eigenvalue weighted by molar-refractivity contribution is 7.99. The van der Waals surface area contributed by atoms with Gasteiger partial charge in [0.1, 0.15) is 5.69 Å². The molecule has 0 saturated carbocycles. The molecule has 0 saturated heterocycles. The fourth-order valence-electron chi connectivity index (χ4n) is 2.17. The molecule has 6 heteroatoms. The van der Waals surface area contributed by atoms with Crippen molar-refractivity contribution in [2.75, 3.05) is 23.7 Å². The first-order chi connectivity index (χ1) is 9.79. The zero-order valence-corrected chi connectivity index (χ0v) is 12.5. The molecule has 104 valence electrons. The maximum absolute atomic E-state index is 12.6. The second kappa shape index (κ2) is 5.95. The zero-order chi connectivity index (χ0) is 13.9. The predicted molar refractivity (Wildman–Crippen MR) is 83.7 cm³/mol. The molecule has 0 fully saturated rings. The van der Waals surface area contributed by atoms with E-state index < -0.39 is 0 Å². The van der Waals surface area contributed by atoms with E-state index in [4.69, 9.17) is 5.73 Å². The highest BCUT2D eigenvalue weighted by Gasteiger charge is 2.25. The van der Waals surface area contributed by atoms with Crippen LogP contribution in [0.5, 0.6) is 0 Å². The van der Waals surface area contributed by atoms with Crippen LogP contribution >= 0.6 is 23.1 Å². The lowest BCUT2D eigenvalue weighted by atomic mass is 10.2. The molecular formula is C14H15N3OS2. The summed E-state index contributed by atoms with van der Waals surface area (Å²) in [7, 11) is 0. The maximum Gasteiger partial charge on any atom is 0.277 e. The number of fused-ring (bicyclic) bond motifs is 1. The van der Waals surface area contributed by atoms with Gasteiger partial charge < -0.3 is 10.6 Å². The molecule has 1 aromatic carbocycles. The number of rotatable bonds is 3. The number of nitrogens with zero attached hydrogens (tertiary/aromatic N) is 2. The first-order valence-electron chi connectivity index (χ1n) is 6.48. The number of hydrogen-bond acceptors (Lipinski definition) is 5.